The summed E-state index contributed by atoms with van der Waals surface area (Å²) >= 11 is 3.47. The molecule has 1 aromatic carbocycles. The summed E-state index contributed by atoms with van der Waals surface area (Å²) in [5.74, 6) is 0.772. The van der Waals surface area contributed by atoms with E-state index < -0.39 is 6.10 Å². The van der Waals surface area contributed by atoms with Crippen LogP contribution >= 0.6 is 15.9 Å². The third kappa shape index (κ3) is 3.05. The SMILES string of the molecule is COc1ccc(Br)c(CC(O)c2ccnnc2)c1. The van der Waals surface area contributed by atoms with Gasteiger partial charge in [0.2, 0.25) is 0 Å². The molecule has 0 saturated heterocycles. The molecule has 0 amide bonds. The van der Waals surface area contributed by atoms with Crippen LogP contribution in [0.5, 0.6) is 5.75 Å². The Morgan fingerprint density at radius 2 is 2.17 bits per heavy atom. The fourth-order valence-electron chi connectivity index (χ4n) is 1.66. The van der Waals surface area contributed by atoms with Crippen molar-refractivity contribution < 1.29 is 9.84 Å². The van der Waals surface area contributed by atoms with Crippen molar-refractivity contribution in [2.24, 2.45) is 0 Å². The molecule has 1 N–H and O–H groups in total. The number of halogens is 1. The predicted molar refractivity (Wildman–Crippen MR) is 71.4 cm³/mol. The maximum absolute atomic E-state index is 10.1. The summed E-state index contributed by atoms with van der Waals surface area (Å²) in [6, 6.07) is 7.44. The summed E-state index contributed by atoms with van der Waals surface area (Å²) in [5, 5.41) is 17.6. The molecule has 1 unspecified atom stereocenters. The van der Waals surface area contributed by atoms with Gasteiger partial charge >= 0.3 is 0 Å². The van der Waals surface area contributed by atoms with Crippen LogP contribution in [0.1, 0.15) is 17.2 Å². The zero-order valence-corrected chi connectivity index (χ0v) is 11.5. The zero-order valence-electron chi connectivity index (χ0n) is 9.88. The monoisotopic (exact) mass is 308 g/mol. The van der Waals surface area contributed by atoms with E-state index in [9.17, 15) is 5.11 Å². The molecule has 1 aromatic heterocycles. The summed E-state index contributed by atoms with van der Waals surface area (Å²) in [5.41, 5.74) is 1.73. The van der Waals surface area contributed by atoms with Crippen LogP contribution in [0, 0.1) is 0 Å². The van der Waals surface area contributed by atoms with E-state index in [2.05, 4.69) is 26.1 Å². The minimum Gasteiger partial charge on any atom is -0.497 e. The second-order valence-corrected chi connectivity index (χ2v) is 4.71. The highest BCUT2D eigenvalue weighted by molar-refractivity contribution is 9.10. The summed E-state index contributed by atoms with van der Waals surface area (Å²) in [7, 11) is 1.62. The van der Waals surface area contributed by atoms with Crippen molar-refractivity contribution in [2.45, 2.75) is 12.5 Å². The number of aromatic nitrogens is 2. The van der Waals surface area contributed by atoms with Gasteiger partial charge in [-0.1, -0.05) is 15.9 Å². The maximum Gasteiger partial charge on any atom is 0.119 e. The van der Waals surface area contributed by atoms with Gasteiger partial charge in [0.05, 0.1) is 19.4 Å². The lowest BCUT2D eigenvalue weighted by atomic mass is 10.0. The number of hydrogen-bond acceptors (Lipinski definition) is 4. The largest absolute Gasteiger partial charge is 0.497 e. The molecule has 0 fully saturated rings. The Balaban J connectivity index is 2.18. The minimum absolute atomic E-state index is 0.490. The highest BCUT2D eigenvalue weighted by atomic mass is 79.9. The average Bonchev–Trinajstić information content (AvgIpc) is 2.42. The summed E-state index contributed by atoms with van der Waals surface area (Å²) in [6.45, 7) is 0. The topological polar surface area (TPSA) is 55.2 Å². The van der Waals surface area contributed by atoms with E-state index in [-0.39, 0.29) is 0 Å². The summed E-state index contributed by atoms with van der Waals surface area (Å²) < 4.78 is 6.12. The number of benzene rings is 1. The van der Waals surface area contributed by atoms with E-state index in [1.165, 1.54) is 0 Å². The van der Waals surface area contributed by atoms with Gasteiger partial charge in [0, 0.05) is 22.7 Å². The number of ether oxygens (including phenoxy) is 1. The van der Waals surface area contributed by atoms with Gasteiger partial charge in [-0.15, -0.1) is 0 Å². The van der Waals surface area contributed by atoms with E-state index in [1.807, 2.05) is 18.2 Å². The highest BCUT2D eigenvalue weighted by Crippen LogP contribution is 2.27. The molecule has 0 aliphatic carbocycles. The highest BCUT2D eigenvalue weighted by Gasteiger charge is 2.11. The standard InChI is InChI=1S/C13H13BrN2O2/c1-18-11-2-3-12(14)10(6-11)7-13(17)9-4-5-15-16-8-9/h2-6,8,13,17H,7H2,1H3. The first-order valence-corrected chi connectivity index (χ1v) is 6.27. The second kappa shape index (κ2) is 5.93. The van der Waals surface area contributed by atoms with E-state index in [4.69, 9.17) is 4.74 Å². The molecule has 0 aliphatic rings. The molecule has 0 saturated carbocycles. The van der Waals surface area contributed by atoms with Crippen LogP contribution in [0.25, 0.3) is 0 Å². The van der Waals surface area contributed by atoms with Crippen LogP contribution in [-0.4, -0.2) is 22.4 Å². The van der Waals surface area contributed by atoms with Crippen LogP contribution in [-0.2, 0) is 6.42 Å². The van der Waals surface area contributed by atoms with Crippen molar-refractivity contribution in [3.8, 4) is 5.75 Å². The first-order chi connectivity index (χ1) is 8.70. The molecule has 2 rings (SSSR count). The zero-order chi connectivity index (χ0) is 13.0. The number of aliphatic hydroxyl groups is 1. The molecule has 0 spiro atoms. The lowest BCUT2D eigenvalue weighted by molar-refractivity contribution is 0.177. The quantitative estimate of drug-likeness (QED) is 0.943. The molecule has 94 valence electrons. The lowest BCUT2D eigenvalue weighted by Gasteiger charge is -2.12. The molecule has 18 heavy (non-hydrogen) atoms. The number of rotatable bonds is 4. The molecule has 0 radical (unpaired) electrons. The van der Waals surface area contributed by atoms with Crippen LogP contribution < -0.4 is 4.74 Å². The Kier molecular flexibility index (Phi) is 4.28. The van der Waals surface area contributed by atoms with Gasteiger partial charge in [0.1, 0.15) is 5.75 Å². The second-order valence-electron chi connectivity index (χ2n) is 3.85. The lowest BCUT2D eigenvalue weighted by Crippen LogP contribution is -2.03. The molecule has 0 aliphatic heterocycles. The van der Waals surface area contributed by atoms with Crippen molar-refractivity contribution >= 4 is 15.9 Å². The molecular formula is C13H13BrN2O2. The van der Waals surface area contributed by atoms with Crippen LogP contribution in [0.3, 0.4) is 0 Å². The van der Waals surface area contributed by atoms with Crippen molar-refractivity contribution in [1.29, 1.82) is 0 Å². The van der Waals surface area contributed by atoms with E-state index >= 15 is 0 Å². The average molecular weight is 309 g/mol. The van der Waals surface area contributed by atoms with Gasteiger partial charge in [-0.2, -0.15) is 10.2 Å². The Labute approximate surface area is 114 Å². The number of aliphatic hydroxyl groups excluding tert-OH is 1. The Morgan fingerprint density at radius 3 is 2.83 bits per heavy atom. The molecule has 1 heterocycles. The number of hydrogen-bond donors (Lipinski definition) is 1. The van der Waals surface area contributed by atoms with Gasteiger partial charge in [-0.3, -0.25) is 0 Å². The summed E-state index contributed by atoms with van der Waals surface area (Å²) in [6.07, 6.45) is 3.02. The predicted octanol–water partition coefficient (Wildman–Crippen LogP) is 2.52. The van der Waals surface area contributed by atoms with Crippen LogP contribution in [0.2, 0.25) is 0 Å². The van der Waals surface area contributed by atoms with E-state index in [1.54, 1.807) is 25.6 Å². The molecule has 4 nitrogen and oxygen atoms in total. The third-order valence-corrected chi connectivity index (χ3v) is 3.43. The molecule has 2 aromatic rings. The molecule has 0 bridgehead atoms. The van der Waals surface area contributed by atoms with E-state index in [0.717, 1.165) is 21.3 Å². The maximum atomic E-state index is 10.1. The number of nitrogens with zero attached hydrogens (tertiary/aromatic N) is 2. The van der Waals surface area contributed by atoms with Gasteiger partial charge in [-0.25, -0.2) is 0 Å². The van der Waals surface area contributed by atoms with E-state index in [0.29, 0.717) is 6.42 Å². The van der Waals surface area contributed by atoms with Crippen LogP contribution in [0.4, 0.5) is 0 Å². The van der Waals surface area contributed by atoms with Crippen molar-refractivity contribution in [1.82, 2.24) is 10.2 Å². The normalized spacial score (nSPS) is 12.2. The summed E-state index contributed by atoms with van der Waals surface area (Å²) in [4.78, 5) is 0. The minimum atomic E-state index is -0.607. The van der Waals surface area contributed by atoms with Crippen LogP contribution in [0.15, 0.2) is 41.1 Å². The number of methoxy groups -OCH3 is 1. The fourth-order valence-corrected chi connectivity index (χ4v) is 2.07. The molecule has 1 atom stereocenters. The van der Waals surface area contributed by atoms with Gasteiger partial charge in [0.15, 0.2) is 0 Å². The van der Waals surface area contributed by atoms with Crippen molar-refractivity contribution in [2.75, 3.05) is 7.11 Å². The fraction of sp³-hybridized carbons (Fsp3) is 0.231. The van der Waals surface area contributed by atoms with Crippen molar-refractivity contribution in [3.63, 3.8) is 0 Å². The molecular weight excluding hydrogens is 296 g/mol. The first-order valence-electron chi connectivity index (χ1n) is 5.48. The smallest absolute Gasteiger partial charge is 0.119 e. The molecule has 5 heteroatoms. The third-order valence-electron chi connectivity index (χ3n) is 2.66. The van der Waals surface area contributed by atoms with Gasteiger partial charge in [-0.05, 0) is 29.8 Å². The Bertz CT molecular complexity index is 520. The Morgan fingerprint density at radius 1 is 1.33 bits per heavy atom. The van der Waals surface area contributed by atoms with Crippen molar-refractivity contribution in [3.05, 3.63) is 52.3 Å². The van der Waals surface area contributed by atoms with Gasteiger partial charge < -0.3 is 9.84 Å². The van der Waals surface area contributed by atoms with Gasteiger partial charge in [0.25, 0.3) is 0 Å². The first kappa shape index (κ1) is 13.0. The Hall–Kier alpha value is -1.46.